The average molecular weight is 197 g/mol. The van der Waals surface area contributed by atoms with Gasteiger partial charge in [0.1, 0.15) is 6.07 Å². The first kappa shape index (κ1) is 9.36. The fraction of sp³-hybridized carbons (Fsp3) is 0. The molecule has 4 nitrogen and oxygen atoms in total. The molecule has 1 rings (SSSR count). The Bertz CT molecular complexity index is 409. The summed E-state index contributed by atoms with van der Waals surface area (Å²) >= 11 is 5.61. The number of carboxylic acid groups (broad SMARTS) is 1. The Morgan fingerprint density at radius 3 is 2.69 bits per heavy atom. The van der Waals surface area contributed by atoms with Gasteiger partial charge in [-0.2, -0.15) is 5.26 Å². The van der Waals surface area contributed by atoms with Crippen LogP contribution < -0.4 is 5.73 Å². The predicted molar refractivity (Wildman–Crippen MR) is 47.5 cm³/mol. The van der Waals surface area contributed by atoms with Crippen molar-refractivity contribution < 1.29 is 9.90 Å². The van der Waals surface area contributed by atoms with E-state index in [9.17, 15) is 4.79 Å². The molecule has 5 heteroatoms. The lowest BCUT2D eigenvalue weighted by Crippen LogP contribution is -2.03. The van der Waals surface area contributed by atoms with Crippen LogP contribution in [-0.4, -0.2) is 11.1 Å². The van der Waals surface area contributed by atoms with Crippen LogP contribution >= 0.6 is 11.6 Å². The van der Waals surface area contributed by atoms with Gasteiger partial charge in [0.25, 0.3) is 0 Å². The zero-order valence-electron chi connectivity index (χ0n) is 6.41. The van der Waals surface area contributed by atoms with Gasteiger partial charge in [0.05, 0.1) is 16.1 Å². The minimum atomic E-state index is -1.18. The first-order valence-corrected chi connectivity index (χ1v) is 3.66. The second-order valence-electron chi connectivity index (χ2n) is 2.34. The molecule has 0 spiro atoms. The molecule has 66 valence electrons. The zero-order chi connectivity index (χ0) is 10.0. The fourth-order valence-electron chi connectivity index (χ4n) is 0.860. The van der Waals surface area contributed by atoms with Crippen molar-refractivity contribution in [1.82, 2.24) is 0 Å². The predicted octanol–water partition coefficient (Wildman–Crippen LogP) is 1.49. The minimum absolute atomic E-state index is 0.0523. The molecule has 3 N–H and O–H groups in total. The topological polar surface area (TPSA) is 87.1 Å². The fourth-order valence-corrected chi connectivity index (χ4v) is 1.07. The number of rotatable bonds is 1. The standard InChI is InChI=1S/C8H5ClN2O2/c9-6-2-7(11)5(8(12)13)1-4(6)3-10/h1-2H,11H2,(H,12,13). The molecule has 0 saturated carbocycles. The Balaban J connectivity index is 3.41. The lowest BCUT2D eigenvalue weighted by molar-refractivity contribution is 0.0698. The van der Waals surface area contributed by atoms with Crippen LogP contribution in [0.3, 0.4) is 0 Å². The van der Waals surface area contributed by atoms with Gasteiger partial charge in [0.15, 0.2) is 0 Å². The molecule has 0 aliphatic heterocycles. The second-order valence-corrected chi connectivity index (χ2v) is 2.74. The van der Waals surface area contributed by atoms with Crippen LogP contribution in [0.15, 0.2) is 12.1 Å². The number of anilines is 1. The Morgan fingerprint density at radius 2 is 2.23 bits per heavy atom. The number of nitrogens with zero attached hydrogens (tertiary/aromatic N) is 1. The van der Waals surface area contributed by atoms with E-state index < -0.39 is 5.97 Å². The largest absolute Gasteiger partial charge is 0.478 e. The van der Waals surface area contributed by atoms with Gasteiger partial charge in [-0.15, -0.1) is 0 Å². The zero-order valence-corrected chi connectivity index (χ0v) is 7.17. The van der Waals surface area contributed by atoms with Crippen LogP contribution in [0.5, 0.6) is 0 Å². The first-order valence-electron chi connectivity index (χ1n) is 3.28. The van der Waals surface area contributed by atoms with Crippen molar-refractivity contribution in [1.29, 1.82) is 5.26 Å². The van der Waals surface area contributed by atoms with Crippen LogP contribution in [0.1, 0.15) is 15.9 Å². The number of nitrogens with two attached hydrogens (primary N) is 1. The number of nitriles is 1. The highest BCUT2D eigenvalue weighted by Crippen LogP contribution is 2.22. The summed E-state index contributed by atoms with van der Waals surface area (Å²) in [6, 6.07) is 4.17. The molecule has 1 aromatic rings. The molecule has 0 unspecified atom stereocenters. The van der Waals surface area contributed by atoms with Gasteiger partial charge in [0.2, 0.25) is 0 Å². The maximum atomic E-state index is 10.6. The van der Waals surface area contributed by atoms with Gasteiger partial charge in [-0.1, -0.05) is 11.6 Å². The quantitative estimate of drug-likeness (QED) is 0.667. The van der Waals surface area contributed by atoms with Gasteiger partial charge >= 0.3 is 5.97 Å². The molecule has 0 fully saturated rings. The Labute approximate surface area is 79.2 Å². The third-order valence-corrected chi connectivity index (χ3v) is 1.80. The van der Waals surface area contributed by atoms with Crippen molar-refractivity contribution in [2.45, 2.75) is 0 Å². The number of benzene rings is 1. The molecular weight excluding hydrogens is 192 g/mol. The molecule has 0 aliphatic carbocycles. The van der Waals surface area contributed by atoms with Crippen LogP contribution in [0.4, 0.5) is 5.69 Å². The molecule has 0 aliphatic rings. The van der Waals surface area contributed by atoms with Crippen molar-refractivity contribution in [3.63, 3.8) is 0 Å². The number of halogens is 1. The summed E-state index contributed by atoms with van der Waals surface area (Å²) in [6.45, 7) is 0. The van der Waals surface area contributed by atoms with Gasteiger partial charge in [-0.25, -0.2) is 4.79 Å². The summed E-state index contributed by atoms with van der Waals surface area (Å²) < 4.78 is 0. The highest BCUT2D eigenvalue weighted by atomic mass is 35.5. The van der Waals surface area contributed by atoms with E-state index in [1.807, 2.05) is 0 Å². The van der Waals surface area contributed by atoms with E-state index in [4.69, 9.17) is 27.7 Å². The van der Waals surface area contributed by atoms with Crippen LogP contribution in [-0.2, 0) is 0 Å². The number of carboxylic acids is 1. The molecule has 0 aromatic heterocycles. The Kier molecular flexibility index (Phi) is 2.40. The van der Waals surface area contributed by atoms with E-state index in [0.29, 0.717) is 0 Å². The average Bonchev–Trinajstić information content (AvgIpc) is 2.03. The molecular formula is C8H5ClN2O2. The number of aromatic carboxylic acids is 1. The van der Waals surface area contributed by atoms with Gasteiger partial charge in [-0.3, -0.25) is 0 Å². The number of hydrogen-bond acceptors (Lipinski definition) is 3. The van der Waals surface area contributed by atoms with E-state index >= 15 is 0 Å². The van der Waals surface area contributed by atoms with Crippen molar-refractivity contribution >= 4 is 23.3 Å². The third-order valence-electron chi connectivity index (χ3n) is 1.49. The molecule has 0 amide bonds. The minimum Gasteiger partial charge on any atom is -0.478 e. The second kappa shape index (κ2) is 3.33. The smallest absolute Gasteiger partial charge is 0.337 e. The maximum absolute atomic E-state index is 10.6. The van der Waals surface area contributed by atoms with Crippen LogP contribution in [0, 0.1) is 11.3 Å². The van der Waals surface area contributed by atoms with Crippen LogP contribution in [0.2, 0.25) is 5.02 Å². The third kappa shape index (κ3) is 1.71. The maximum Gasteiger partial charge on any atom is 0.337 e. The van der Waals surface area contributed by atoms with Gasteiger partial charge < -0.3 is 10.8 Å². The highest BCUT2D eigenvalue weighted by Gasteiger charge is 2.11. The van der Waals surface area contributed by atoms with E-state index in [1.165, 1.54) is 6.07 Å². The summed E-state index contributed by atoms with van der Waals surface area (Å²) in [4.78, 5) is 10.6. The monoisotopic (exact) mass is 196 g/mol. The van der Waals surface area contributed by atoms with Gasteiger partial charge in [-0.05, 0) is 12.1 Å². The van der Waals surface area contributed by atoms with Crippen molar-refractivity contribution in [3.05, 3.63) is 28.3 Å². The number of nitrogen functional groups attached to an aromatic ring is 1. The number of carbonyl (C=O) groups is 1. The lowest BCUT2D eigenvalue weighted by atomic mass is 10.1. The van der Waals surface area contributed by atoms with E-state index in [2.05, 4.69) is 0 Å². The molecule has 13 heavy (non-hydrogen) atoms. The molecule has 1 aromatic carbocycles. The summed E-state index contributed by atoms with van der Waals surface area (Å²) in [5.41, 5.74) is 5.42. The van der Waals surface area contributed by atoms with E-state index in [0.717, 1.165) is 6.07 Å². The lowest BCUT2D eigenvalue weighted by Gasteiger charge is -2.01. The molecule has 0 atom stereocenters. The summed E-state index contributed by atoms with van der Waals surface area (Å²) in [5, 5.41) is 17.3. The van der Waals surface area contributed by atoms with Gasteiger partial charge in [0, 0.05) is 5.69 Å². The summed E-state index contributed by atoms with van der Waals surface area (Å²) in [7, 11) is 0. The van der Waals surface area contributed by atoms with Crippen molar-refractivity contribution in [2.75, 3.05) is 5.73 Å². The molecule has 0 bridgehead atoms. The Hall–Kier alpha value is -1.73. The van der Waals surface area contributed by atoms with Crippen molar-refractivity contribution in [2.24, 2.45) is 0 Å². The summed E-state index contributed by atoms with van der Waals surface area (Å²) in [6.07, 6.45) is 0. The molecule has 0 heterocycles. The highest BCUT2D eigenvalue weighted by molar-refractivity contribution is 6.32. The summed E-state index contributed by atoms with van der Waals surface area (Å²) in [5.74, 6) is -1.18. The van der Waals surface area contributed by atoms with E-state index in [-0.39, 0.29) is 21.8 Å². The van der Waals surface area contributed by atoms with Crippen LogP contribution in [0.25, 0.3) is 0 Å². The molecule has 0 saturated heterocycles. The van der Waals surface area contributed by atoms with Crippen molar-refractivity contribution in [3.8, 4) is 6.07 Å². The normalized spacial score (nSPS) is 9.23. The van der Waals surface area contributed by atoms with E-state index in [1.54, 1.807) is 6.07 Å². The Morgan fingerprint density at radius 1 is 1.62 bits per heavy atom. The molecule has 0 radical (unpaired) electrons. The first-order chi connectivity index (χ1) is 6.06. The SMILES string of the molecule is N#Cc1cc(C(=O)O)c(N)cc1Cl. The number of hydrogen-bond donors (Lipinski definition) is 2.